The van der Waals surface area contributed by atoms with Gasteiger partial charge < -0.3 is 9.84 Å². The van der Waals surface area contributed by atoms with Gasteiger partial charge in [0, 0.05) is 0 Å². The first-order valence-corrected chi connectivity index (χ1v) is 10.5. The first-order chi connectivity index (χ1) is 13.0. The Balaban J connectivity index is 1.78. The lowest BCUT2D eigenvalue weighted by Gasteiger charge is -2.39. The van der Waals surface area contributed by atoms with Crippen molar-refractivity contribution in [3.05, 3.63) is 35.4 Å². The fourth-order valence-electron chi connectivity index (χ4n) is 4.84. The number of esters is 1. The second-order valence-corrected chi connectivity index (χ2v) is 8.76. The van der Waals surface area contributed by atoms with Gasteiger partial charge >= 0.3 is 11.9 Å². The van der Waals surface area contributed by atoms with Crippen molar-refractivity contribution in [2.24, 2.45) is 23.7 Å². The lowest BCUT2D eigenvalue weighted by molar-refractivity contribution is -0.0284. The van der Waals surface area contributed by atoms with Gasteiger partial charge in [-0.25, -0.2) is 9.59 Å². The largest absolute Gasteiger partial charge is 0.478 e. The average Bonchev–Trinajstić information content (AvgIpc) is 2.67. The molecule has 2 aliphatic carbocycles. The summed E-state index contributed by atoms with van der Waals surface area (Å²) in [7, 11) is 0. The number of carboxylic acid groups (broad SMARTS) is 1. The molecule has 4 nitrogen and oxygen atoms in total. The van der Waals surface area contributed by atoms with Crippen molar-refractivity contribution in [2.45, 2.75) is 71.3 Å². The fourth-order valence-corrected chi connectivity index (χ4v) is 4.84. The molecule has 1 aromatic rings. The first kappa shape index (κ1) is 19.9. The number of hydrogen-bond donors (Lipinski definition) is 1. The van der Waals surface area contributed by atoms with Crippen LogP contribution in [0.3, 0.4) is 0 Å². The van der Waals surface area contributed by atoms with Crippen LogP contribution in [0.4, 0.5) is 0 Å². The Hall–Kier alpha value is -1.84. The molecule has 0 spiro atoms. The molecule has 148 valence electrons. The minimum absolute atomic E-state index is 0.0239. The molecule has 2 aliphatic rings. The van der Waals surface area contributed by atoms with Gasteiger partial charge in [0.05, 0.1) is 11.1 Å². The van der Waals surface area contributed by atoms with Gasteiger partial charge in [0.1, 0.15) is 6.10 Å². The summed E-state index contributed by atoms with van der Waals surface area (Å²) in [4.78, 5) is 24.4. The molecule has 0 saturated heterocycles. The Labute approximate surface area is 162 Å². The van der Waals surface area contributed by atoms with E-state index in [9.17, 15) is 14.7 Å². The third-order valence-corrected chi connectivity index (χ3v) is 6.67. The minimum atomic E-state index is -1.09. The van der Waals surface area contributed by atoms with E-state index in [0.29, 0.717) is 11.8 Å². The highest BCUT2D eigenvalue weighted by atomic mass is 16.5. The van der Waals surface area contributed by atoms with Crippen molar-refractivity contribution in [1.29, 1.82) is 0 Å². The van der Waals surface area contributed by atoms with Crippen LogP contribution in [0.1, 0.15) is 85.9 Å². The van der Waals surface area contributed by atoms with E-state index in [1.54, 1.807) is 18.2 Å². The molecule has 0 heterocycles. The van der Waals surface area contributed by atoms with Crippen molar-refractivity contribution >= 4 is 11.9 Å². The van der Waals surface area contributed by atoms with Gasteiger partial charge in [-0.05, 0) is 61.5 Å². The quantitative estimate of drug-likeness (QED) is 0.687. The van der Waals surface area contributed by atoms with Crippen LogP contribution in [0, 0.1) is 23.7 Å². The number of carboxylic acids is 1. The lowest BCUT2D eigenvalue weighted by Crippen LogP contribution is -2.38. The molecular formula is C23H32O4. The Morgan fingerprint density at radius 1 is 0.852 bits per heavy atom. The second-order valence-electron chi connectivity index (χ2n) is 8.76. The van der Waals surface area contributed by atoms with E-state index in [0.717, 1.165) is 37.5 Å². The number of rotatable bonds is 5. The molecule has 1 N–H and O–H groups in total. The molecule has 0 atom stereocenters. The van der Waals surface area contributed by atoms with Crippen LogP contribution < -0.4 is 0 Å². The van der Waals surface area contributed by atoms with Crippen LogP contribution in [0.5, 0.6) is 0 Å². The molecule has 1 aromatic carbocycles. The highest BCUT2D eigenvalue weighted by Crippen LogP contribution is 2.40. The lowest BCUT2D eigenvalue weighted by atomic mass is 9.72. The van der Waals surface area contributed by atoms with Crippen molar-refractivity contribution in [3.63, 3.8) is 0 Å². The summed E-state index contributed by atoms with van der Waals surface area (Å²) < 4.78 is 6.07. The summed E-state index contributed by atoms with van der Waals surface area (Å²) in [5.41, 5.74) is 0.194. The van der Waals surface area contributed by atoms with Crippen molar-refractivity contribution < 1.29 is 19.4 Å². The highest BCUT2D eigenvalue weighted by Gasteiger charge is 2.37. The van der Waals surface area contributed by atoms with Gasteiger partial charge in [0.25, 0.3) is 0 Å². The fraction of sp³-hybridized carbons (Fsp3) is 0.652. The van der Waals surface area contributed by atoms with Crippen LogP contribution in [-0.4, -0.2) is 23.1 Å². The van der Waals surface area contributed by atoms with E-state index in [2.05, 4.69) is 13.8 Å². The molecule has 0 aliphatic heterocycles. The van der Waals surface area contributed by atoms with E-state index >= 15 is 0 Å². The normalized spacial score (nSPS) is 29.7. The summed E-state index contributed by atoms with van der Waals surface area (Å²) in [5.74, 6) is 0.738. The Morgan fingerprint density at radius 3 is 1.74 bits per heavy atom. The monoisotopic (exact) mass is 372 g/mol. The zero-order chi connectivity index (χ0) is 19.4. The molecule has 2 fully saturated rings. The van der Waals surface area contributed by atoms with E-state index in [4.69, 9.17) is 4.74 Å². The van der Waals surface area contributed by atoms with Crippen molar-refractivity contribution in [3.8, 4) is 0 Å². The van der Waals surface area contributed by atoms with E-state index in [-0.39, 0.29) is 17.2 Å². The number of aromatic carboxylic acids is 1. The number of hydrogen-bond acceptors (Lipinski definition) is 3. The predicted molar refractivity (Wildman–Crippen MR) is 105 cm³/mol. The SMILES string of the molecule is CC1CCC(C(OC(=O)c2ccccc2C(=O)O)C2CCC(C)CC2)CC1. The molecule has 2 saturated carbocycles. The van der Waals surface area contributed by atoms with E-state index < -0.39 is 11.9 Å². The van der Waals surface area contributed by atoms with Crippen LogP contribution >= 0.6 is 0 Å². The van der Waals surface area contributed by atoms with Gasteiger partial charge in [-0.2, -0.15) is 0 Å². The summed E-state index contributed by atoms with van der Waals surface area (Å²) in [6, 6.07) is 6.37. The third-order valence-electron chi connectivity index (χ3n) is 6.67. The maximum atomic E-state index is 12.9. The van der Waals surface area contributed by atoms with Crippen molar-refractivity contribution in [2.75, 3.05) is 0 Å². The van der Waals surface area contributed by atoms with E-state index in [1.165, 1.54) is 31.7 Å². The predicted octanol–water partition coefficient (Wildman–Crippen LogP) is 5.56. The number of ether oxygens (including phenoxy) is 1. The van der Waals surface area contributed by atoms with Crippen LogP contribution in [0.25, 0.3) is 0 Å². The zero-order valence-electron chi connectivity index (χ0n) is 16.5. The Kier molecular flexibility index (Phi) is 6.56. The highest BCUT2D eigenvalue weighted by molar-refractivity contribution is 6.02. The van der Waals surface area contributed by atoms with Gasteiger partial charge in [-0.3, -0.25) is 0 Å². The average molecular weight is 373 g/mol. The van der Waals surface area contributed by atoms with Gasteiger partial charge in [0.15, 0.2) is 0 Å². The third kappa shape index (κ3) is 4.91. The Morgan fingerprint density at radius 2 is 1.30 bits per heavy atom. The van der Waals surface area contributed by atoms with E-state index in [1.807, 2.05) is 0 Å². The minimum Gasteiger partial charge on any atom is -0.478 e. The molecule has 0 amide bonds. The van der Waals surface area contributed by atoms with Crippen LogP contribution in [-0.2, 0) is 4.74 Å². The number of benzene rings is 1. The molecule has 0 bridgehead atoms. The maximum absolute atomic E-state index is 12.9. The molecule has 0 aromatic heterocycles. The number of carbonyl (C=O) groups is 2. The molecule has 0 unspecified atom stereocenters. The second kappa shape index (κ2) is 8.90. The smallest absolute Gasteiger partial charge is 0.339 e. The molecular weight excluding hydrogens is 340 g/mol. The number of carbonyl (C=O) groups excluding carboxylic acids is 1. The van der Waals surface area contributed by atoms with Gasteiger partial charge in [0.2, 0.25) is 0 Å². The molecule has 27 heavy (non-hydrogen) atoms. The summed E-state index contributed by atoms with van der Waals surface area (Å²) in [6.07, 6.45) is 9.08. The van der Waals surface area contributed by atoms with Crippen LogP contribution in [0.2, 0.25) is 0 Å². The molecule has 0 radical (unpaired) electrons. The topological polar surface area (TPSA) is 63.6 Å². The standard InChI is InChI=1S/C23H32O4/c1-15-7-11-17(12-8-15)21(18-13-9-16(2)10-14-18)27-23(26)20-6-4-3-5-19(20)22(24)25/h3-6,15-18,21H,7-14H2,1-2H3,(H,24,25). The first-order valence-electron chi connectivity index (χ1n) is 10.5. The maximum Gasteiger partial charge on any atom is 0.339 e. The van der Waals surface area contributed by atoms with Crippen molar-refractivity contribution in [1.82, 2.24) is 0 Å². The molecule has 3 rings (SSSR count). The van der Waals surface area contributed by atoms with Gasteiger partial charge in [-0.15, -0.1) is 0 Å². The summed E-state index contributed by atoms with van der Waals surface area (Å²) in [6.45, 7) is 4.59. The summed E-state index contributed by atoms with van der Waals surface area (Å²) >= 11 is 0. The zero-order valence-corrected chi connectivity index (χ0v) is 16.5. The van der Waals surface area contributed by atoms with Crippen LogP contribution in [0.15, 0.2) is 24.3 Å². The molecule has 4 heteroatoms. The Bertz CT molecular complexity index is 630. The summed E-state index contributed by atoms with van der Waals surface area (Å²) in [5, 5.41) is 9.40. The van der Waals surface area contributed by atoms with Gasteiger partial charge in [-0.1, -0.05) is 51.7 Å².